The lowest BCUT2D eigenvalue weighted by Gasteiger charge is -2.40. The van der Waals surface area contributed by atoms with E-state index in [1.54, 1.807) is 6.20 Å². The molecule has 3 heterocycles. The summed E-state index contributed by atoms with van der Waals surface area (Å²) in [4.78, 5) is 20.7. The number of anilines is 1. The van der Waals surface area contributed by atoms with Gasteiger partial charge < -0.3 is 10.2 Å². The normalized spacial score (nSPS) is 20.6. The molecule has 1 amide bonds. The first-order chi connectivity index (χ1) is 13.7. The summed E-state index contributed by atoms with van der Waals surface area (Å²) in [5.74, 6) is -0.0302. The van der Waals surface area contributed by atoms with Crippen LogP contribution >= 0.6 is 0 Å². The van der Waals surface area contributed by atoms with Gasteiger partial charge in [-0.2, -0.15) is 0 Å². The van der Waals surface area contributed by atoms with Gasteiger partial charge >= 0.3 is 0 Å². The van der Waals surface area contributed by atoms with E-state index in [4.69, 9.17) is 0 Å². The van der Waals surface area contributed by atoms with Crippen molar-refractivity contribution in [3.8, 4) is 0 Å². The molecule has 0 bridgehead atoms. The number of pyridine rings is 1. The smallest absolute Gasteiger partial charge is 0.220 e. The van der Waals surface area contributed by atoms with Crippen LogP contribution < -0.4 is 10.2 Å². The van der Waals surface area contributed by atoms with Crippen LogP contribution in [0.1, 0.15) is 31.2 Å². The Labute approximate surface area is 165 Å². The van der Waals surface area contributed by atoms with Gasteiger partial charge in [0.25, 0.3) is 0 Å². The first kappa shape index (κ1) is 18.9. The monoisotopic (exact) mass is 382 g/mol. The number of nitrogens with one attached hydrogen (secondary N) is 1. The fraction of sp³-hybridized carbons (Fsp3) is 0.455. The average molecular weight is 382 g/mol. The van der Waals surface area contributed by atoms with Gasteiger partial charge in [-0.3, -0.25) is 14.7 Å². The highest BCUT2D eigenvalue weighted by Crippen LogP contribution is 2.25. The summed E-state index contributed by atoms with van der Waals surface area (Å²) >= 11 is 0. The van der Waals surface area contributed by atoms with Crippen LogP contribution in [0.5, 0.6) is 0 Å². The number of carbonyl (C=O) groups excluding carboxylic acids is 1. The van der Waals surface area contributed by atoms with E-state index in [1.807, 2.05) is 24.4 Å². The molecule has 0 aliphatic carbocycles. The van der Waals surface area contributed by atoms with Crippen molar-refractivity contribution in [1.29, 1.82) is 0 Å². The first-order valence-corrected chi connectivity index (χ1v) is 10.1. The van der Waals surface area contributed by atoms with Gasteiger partial charge in [-0.15, -0.1) is 0 Å². The largest absolute Gasteiger partial charge is 0.371 e. The van der Waals surface area contributed by atoms with Crippen molar-refractivity contribution >= 4 is 11.6 Å². The minimum absolute atomic E-state index is 0.164. The molecule has 6 heteroatoms. The molecular weight excluding hydrogens is 355 g/mol. The highest BCUT2D eigenvalue weighted by Gasteiger charge is 2.29. The Morgan fingerprint density at radius 1 is 1.14 bits per heavy atom. The lowest BCUT2D eigenvalue weighted by molar-refractivity contribution is -0.119. The van der Waals surface area contributed by atoms with E-state index in [1.165, 1.54) is 17.7 Å². The molecule has 1 aromatic carbocycles. The molecule has 0 spiro atoms. The van der Waals surface area contributed by atoms with Gasteiger partial charge in [-0.05, 0) is 55.2 Å². The van der Waals surface area contributed by atoms with Crippen LogP contribution in [0.15, 0.2) is 48.8 Å². The number of aromatic nitrogens is 1. The Bertz CT molecular complexity index is 775. The summed E-state index contributed by atoms with van der Waals surface area (Å²) in [6.07, 6.45) is 7.38. The van der Waals surface area contributed by atoms with Crippen molar-refractivity contribution < 1.29 is 9.18 Å². The quantitative estimate of drug-likeness (QED) is 0.835. The van der Waals surface area contributed by atoms with Crippen LogP contribution in [0.2, 0.25) is 0 Å². The second-order valence-electron chi connectivity index (χ2n) is 7.79. The predicted octanol–water partition coefficient (Wildman–Crippen LogP) is 2.97. The van der Waals surface area contributed by atoms with E-state index in [2.05, 4.69) is 26.2 Å². The van der Waals surface area contributed by atoms with E-state index >= 15 is 0 Å². The van der Waals surface area contributed by atoms with Crippen LogP contribution in [0.4, 0.5) is 10.1 Å². The molecule has 0 saturated carbocycles. The molecule has 0 unspecified atom stereocenters. The Hall–Kier alpha value is -2.47. The Kier molecular flexibility index (Phi) is 5.86. The maximum absolute atomic E-state index is 13.2. The van der Waals surface area contributed by atoms with Crippen LogP contribution in [0.3, 0.4) is 0 Å². The first-order valence-electron chi connectivity index (χ1n) is 10.1. The zero-order chi connectivity index (χ0) is 19.3. The molecule has 1 aromatic heterocycles. The fourth-order valence-electron chi connectivity index (χ4n) is 4.31. The van der Waals surface area contributed by atoms with Crippen LogP contribution in [-0.4, -0.2) is 47.5 Å². The molecule has 5 nitrogen and oxygen atoms in total. The number of nitrogens with zero attached hydrogens (tertiary/aromatic N) is 3. The zero-order valence-electron chi connectivity index (χ0n) is 16.1. The Balaban J connectivity index is 1.41. The van der Waals surface area contributed by atoms with Gasteiger partial charge in [0, 0.05) is 62.8 Å². The van der Waals surface area contributed by atoms with E-state index in [-0.39, 0.29) is 17.8 Å². The minimum atomic E-state index is -0.195. The van der Waals surface area contributed by atoms with E-state index in [0.29, 0.717) is 12.5 Å². The van der Waals surface area contributed by atoms with E-state index < -0.39 is 0 Å². The fourth-order valence-corrected chi connectivity index (χ4v) is 4.31. The molecule has 1 atom stereocenters. The summed E-state index contributed by atoms with van der Waals surface area (Å²) in [6.45, 7) is 3.64. The summed E-state index contributed by atoms with van der Waals surface area (Å²) < 4.78 is 13.2. The highest BCUT2D eigenvalue weighted by atomic mass is 19.1. The lowest BCUT2D eigenvalue weighted by Crippen LogP contribution is -2.48. The number of halogens is 1. The molecule has 2 fully saturated rings. The van der Waals surface area contributed by atoms with Gasteiger partial charge in [0.05, 0.1) is 0 Å². The molecule has 2 saturated heterocycles. The van der Waals surface area contributed by atoms with Crippen molar-refractivity contribution in [1.82, 2.24) is 15.2 Å². The van der Waals surface area contributed by atoms with Crippen molar-refractivity contribution in [2.75, 3.05) is 24.5 Å². The van der Waals surface area contributed by atoms with E-state index in [0.717, 1.165) is 51.1 Å². The van der Waals surface area contributed by atoms with Gasteiger partial charge in [-0.25, -0.2) is 4.39 Å². The van der Waals surface area contributed by atoms with Crippen molar-refractivity contribution in [2.24, 2.45) is 0 Å². The average Bonchev–Trinajstić information content (AvgIpc) is 3.14. The molecular formula is C22H27FN4O. The maximum atomic E-state index is 13.2. The third kappa shape index (κ3) is 4.68. The SMILES string of the molecule is O=C1CC[C@@H](CN(Cc2cccnc2)C2CCN(c3ccc(F)cc3)CC2)N1. The van der Waals surface area contributed by atoms with Crippen molar-refractivity contribution in [2.45, 2.75) is 44.3 Å². The van der Waals surface area contributed by atoms with Gasteiger partial charge in [-0.1, -0.05) is 6.07 Å². The number of rotatable bonds is 6. The van der Waals surface area contributed by atoms with Crippen molar-refractivity contribution in [3.05, 3.63) is 60.2 Å². The number of hydrogen-bond donors (Lipinski definition) is 1. The molecule has 148 valence electrons. The third-order valence-electron chi connectivity index (χ3n) is 5.82. The topological polar surface area (TPSA) is 48.5 Å². The molecule has 4 rings (SSSR count). The zero-order valence-corrected chi connectivity index (χ0v) is 16.1. The number of amides is 1. The minimum Gasteiger partial charge on any atom is -0.371 e. The molecule has 2 aliphatic heterocycles. The summed E-state index contributed by atoms with van der Waals surface area (Å²) in [6, 6.07) is 11.6. The summed E-state index contributed by atoms with van der Waals surface area (Å²) in [5.41, 5.74) is 2.29. The van der Waals surface area contributed by atoms with Crippen LogP contribution in [0.25, 0.3) is 0 Å². The Morgan fingerprint density at radius 3 is 2.57 bits per heavy atom. The van der Waals surface area contributed by atoms with Crippen LogP contribution in [0, 0.1) is 5.82 Å². The van der Waals surface area contributed by atoms with Crippen molar-refractivity contribution in [3.63, 3.8) is 0 Å². The van der Waals surface area contributed by atoms with E-state index in [9.17, 15) is 9.18 Å². The summed E-state index contributed by atoms with van der Waals surface area (Å²) in [7, 11) is 0. The second-order valence-corrected chi connectivity index (χ2v) is 7.79. The van der Waals surface area contributed by atoms with Crippen LogP contribution in [-0.2, 0) is 11.3 Å². The lowest BCUT2D eigenvalue weighted by atomic mass is 10.0. The number of piperidine rings is 1. The number of hydrogen-bond acceptors (Lipinski definition) is 4. The maximum Gasteiger partial charge on any atom is 0.220 e. The van der Waals surface area contributed by atoms with Gasteiger partial charge in [0.1, 0.15) is 5.82 Å². The molecule has 0 radical (unpaired) electrons. The molecule has 2 aliphatic rings. The number of carbonyl (C=O) groups is 1. The predicted molar refractivity (Wildman–Crippen MR) is 107 cm³/mol. The molecule has 1 N–H and O–H groups in total. The second kappa shape index (κ2) is 8.69. The number of benzene rings is 1. The Morgan fingerprint density at radius 2 is 1.93 bits per heavy atom. The standard InChI is InChI=1S/C22H27FN4O/c23-18-3-6-20(7-4-18)26-12-9-21(10-13-26)27(15-17-2-1-11-24-14-17)16-19-5-8-22(28)25-19/h1-4,6-7,11,14,19,21H,5,8-10,12-13,15-16H2,(H,25,28)/t19-/m0/s1. The van der Waals surface area contributed by atoms with Gasteiger partial charge in [0.2, 0.25) is 5.91 Å². The molecule has 2 aromatic rings. The van der Waals surface area contributed by atoms with Gasteiger partial charge in [0.15, 0.2) is 0 Å². The highest BCUT2D eigenvalue weighted by molar-refractivity contribution is 5.78. The summed E-state index contributed by atoms with van der Waals surface area (Å²) in [5, 5.41) is 3.11. The molecule has 28 heavy (non-hydrogen) atoms. The third-order valence-corrected chi connectivity index (χ3v) is 5.82.